The zero-order valence-electron chi connectivity index (χ0n) is 18.7. The van der Waals surface area contributed by atoms with E-state index in [1.807, 2.05) is 68.4 Å². The van der Waals surface area contributed by atoms with Crippen molar-refractivity contribution in [2.75, 3.05) is 17.3 Å². The van der Waals surface area contributed by atoms with E-state index in [0.29, 0.717) is 22.6 Å². The number of ether oxygens (including phenoxy) is 1. The molecular weight excluding hydrogens is 400 g/mol. The highest BCUT2D eigenvalue weighted by atomic mass is 16.5. The van der Waals surface area contributed by atoms with Gasteiger partial charge in [0.15, 0.2) is 0 Å². The summed E-state index contributed by atoms with van der Waals surface area (Å²) >= 11 is 0. The second-order valence-electron chi connectivity index (χ2n) is 7.86. The Kier molecular flexibility index (Phi) is 5.82. The van der Waals surface area contributed by atoms with E-state index in [4.69, 9.17) is 4.74 Å². The van der Waals surface area contributed by atoms with Crippen LogP contribution in [0.5, 0.6) is 5.75 Å². The minimum atomic E-state index is -0.385. The van der Waals surface area contributed by atoms with E-state index in [9.17, 15) is 9.59 Å². The first-order chi connectivity index (χ1) is 15.4. The van der Waals surface area contributed by atoms with E-state index >= 15 is 0 Å². The molecule has 1 N–H and O–H groups in total. The fourth-order valence-electron chi connectivity index (χ4n) is 3.89. The number of nitrogens with zero attached hydrogens (tertiary/aromatic N) is 1. The summed E-state index contributed by atoms with van der Waals surface area (Å²) in [5, 5.41) is 3.22. The number of benzene rings is 3. The van der Waals surface area contributed by atoms with Gasteiger partial charge in [-0.3, -0.25) is 9.59 Å². The molecule has 0 bridgehead atoms. The predicted octanol–water partition coefficient (Wildman–Crippen LogP) is 5.27. The predicted molar refractivity (Wildman–Crippen MR) is 128 cm³/mol. The van der Waals surface area contributed by atoms with Crippen LogP contribution in [0.15, 0.2) is 72.4 Å². The number of nitrogens with one attached hydrogen (secondary N) is 1. The van der Waals surface area contributed by atoms with Gasteiger partial charge in [0.05, 0.1) is 18.4 Å². The molecule has 32 heavy (non-hydrogen) atoms. The smallest absolute Gasteiger partial charge is 0.282 e. The average molecular weight is 427 g/mol. The molecule has 0 saturated carbocycles. The van der Waals surface area contributed by atoms with Crippen molar-refractivity contribution in [3.05, 3.63) is 94.7 Å². The summed E-state index contributed by atoms with van der Waals surface area (Å²) in [6.07, 6.45) is 0.924. The van der Waals surface area contributed by atoms with Gasteiger partial charge in [-0.15, -0.1) is 0 Å². The molecule has 0 fully saturated rings. The molecular formula is C27H26N2O3. The van der Waals surface area contributed by atoms with E-state index < -0.39 is 0 Å². The number of aryl methyl sites for hydroxylation is 3. The third kappa shape index (κ3) is 3.78. The molecule has 0 radical (unpaired) electrons. The largest absolute Gasteiger partial charge is 0.496 e. The van der Waals surface area contributed by atoms with Crippen LogP contribution in [-0.2, 0) is 16.0 Å². The highest BCUT2D eigenvalue weighted by molar-refractivity contribution is 6.46. The Balaban J connectivity index is 1.86. The molecule has 5 nitrogen and oxygen atoms in total. The SMILES string of the molecule is CCc1ccc(NC2=C(c3ccccc3OC)C(=O)N(c3cc(C)ccc3C)C2=O)cc1. The van der Waals surface area contributed by atoms with Gasteiger partial charge in [-0.25, -0.2) is 4.90 Å². The summed E-state index contributed by atoms with van der Waals surface area (Å²) in [7, 11) is 1.56. The maximum Gasteiger partial charge on any atom is 0.282 e. The number of amides is 2. The summed E-state index contributed by atoms with van der Waals surface area (Å²) in [4.78, 5) is 28.6. The van der Waals surface area contributed by atoms with Crippen molar-refractivity contribution < 1.29 is 14.3 Å². The number of carbonyl (C=O) groups is 2. The van der Waals surface area contributed by atoms with Gasteiger partial charge < -0.3 is 10.1 Å². The fourth-order valence-corrected chi connectivity index (χ4v) is 3.89. The van der Waals surface area contributed by atoms with Gasteiger partial charge in [0.2, 0.25) is 0 Å². The molecule has 4 rings (SSSR count). The summed E-state index contributed by atoms with van der Waals surface area (Å²) in [5.74, 6) is -0.225. The van der Waals surface area contributed by atoms with Crippen LogP contribution in [0, 0.1) is 13.8 Å². The van der Waals surface area contributed by atoms with Crippen LogP contribution < -0.4 is 15.0 Å². The Morgan fingerprint density at radius 3 is 2.31 bits per heavy atom. The Labute approximate surface area is 188 Å². The lowest BCUT2D eigenvalue weighted by Gasteiger charge is -2.18. The van der Waals surface area contributed by atoms with Gasteiger partial charge in [-0.1, -0.05) is 49.4 Å². The second kappa shape index (κ2) is 8.71. The van der Waals surface area contributed by atoms with Crippen LogP contribution in [0.2, 0.25) is 0 Å². The number of rotatable bonds is 6. The van der Waals surface area contributed by atoms with Crippen molar-refractivity contribution in [1.82, 2.24) is 0 Å². The third-order valence-corrected chi connectivity index (χ3v) is 5.70. The average Bonchev–Trinajstić information content (AvgIpc) is 3.05. The molecule has 0 atom stereocenters. The number of hydrogen-bond donors (Lipinski definition) is 1. The third-order valence-electron chi connectivity index (χ3n) is 5.70. The van der Waals surface area contributed by atoms with Crippen molar-refractivity contribution in [1.29, 1.82) is 0 Å². The highest BCUT2D eigenvalue weighted by Gasteiger charge is 2.41. The fraction of sp³-hybridized carbons (Fsp3) is 0.185. The van der Waals surface area contributed by atoms with Gasteiger partial charge in [-0.2, -0.15) is 0 Å². The Morgan fingerprint density at radius 2 is 1.62 bits per heavy atom. The van der Waals surface area contributed by atoms with Crippen LogP contribution in [0.3, 0.4) is 0 Å². The van der Waals surface area contributed by atoms with Crippen molar-refractivity contribution in [3.63, 3.8) is 0 Å². The molecule has 162 valence electrons. The first-order valence-corrected chi connectivity index (χ1v) is 10.6. The first-order valence-electron chi connectivity index (χ1n) is 10.6. The molecule has 1 aliphatic heterocycles. The lowest BCUT2D eigenvalue weighted by atomic mass is 10.0. The molecule has 0 aromatic heterocycles. The van der Waals surface area contributed by atoms with Gasteiger partial charge in [0, 0.05) is 11.3 Å². The normalized spacial score (nSPS) is 13.7. The van der Waals surface area contributed by atoms with Gasteiger partial charge >= 0.3 is 0 Å². The Morgan fingerprint density at radius 1 is 0.906 bits per heavy atom. The maximum atomic E-state index is 13.7. The van der Waals surface area contributed by atoms with Crippen LogP contribution in [0.4, 0.5) is 11.4 Å². The second-order valence-corrected chi connectivity index (χ2v) is 7.86. The van der Waals surface area contributed by atoms with Crippen molar-refractivity contribution in [2.45, 2.75) is 27.2 Å². The number of carbonyl (C=O) groups excluding carboxylic acids is 2. The zero-order chi connectivity index (χ0) is 22.8. The number of anilines is 2. The zero-order valence-corrected chi connectivity index (χ0v) is 18.7. The van der Waals surface area contributed by atoms with E-state index in [1.165, 1.54) is 10.5 Å². The minimum Gasteiger partial charge on any atom is -0.496 e. The monoisotopic (exact) mass is 426 g/mol. The molecule has 5 heteroatoms. The van der Waals surface area contributed by atoms with Crippen molar-refractivity contribution in [2.24, 2.45) is 0 Å². The van der Waals surface area contributed by atoms with Gasteiger partial charge in [0.1, 0.15) is 11.4 Å². The van der Waals surface area contributed by atoms with Crippen molar-refractivity contribution >= 4 is 28.8 Å². The minimum absolute atomic E-state index is 0.240. The molecule has 0 spiro atoms. The van der Waals surface area contributed by atoms with Crippen LogP contribution in [0.25, 0.3) is 5.57 Å². The quantitative estimate of drug-likeness (QED) is 0.546. The first kappa shape index (κ1) is 21.4. The number of methoxy groups -OCH3 is 1. The van der Waals surface area contributed by atoms with E-state index in [-0.39, 0.29) is 17.5 Å². The number of para-hydroxylation sites is 1. The highest BCUT2D eigenvalue weighted by Crippen LogP contribution is 2.38. The molecule has 1 heterocycles. The van der Waals surface area contributed by atoms with Crippen LogP contribution in [-0.4, -0.2) is 18.9 Å². The van der Waals surface area contributed by atoms with Gasteiger partial charge in [-0.05, 0) is 61.2 Å². The lowest BCUT2D eigenvalue weighted by molar-refractivity contribution is -0.120. The van der Waals surface area contributed by atoms with E-state index in [1.54, 1.807) is 19.2 Å². The van der Waals surface area contributed by atoms with Crippen LogP contribution >= 0.6 is 0 Å². The molecule has 0 saturated heterocycles. The molecule has 3 aromatic rings. The molecule has 0 unspecified atom stereocenters. The van der Waals surface area contributed by atoms with E-state index in [0.717, 1.165) is 23.2 Å². The van der Waals surface area contributed by atoms with Crippen LogP contribution in [0.1, 0.15) is 29.2 Å². The summed E-state index contributed by atoms with van der Waals surface area (Å²) in [5.41, 5.74) is 5.47. The number of hydrogen-bond acceptors (Lipinski definition) is 4. The Hall–Kier alpha value is -3.86. The number of imide groups is 1. The molecule has 1 aliphatic rings. The Bertz CT molecular complexity index is 1230. The molecule has 2 amide bonds. The standard InChI is InChI=1S/C27H26N2O3/c1-5-19-12-14-20(15-13-19)28-25-24(21-8-6-7-9-23(21)32-4)26(30)29(27(25)31)22-16-17(2)10-11-18(22)3/h6-16,28H,5H2,1-4H3. The summed E-state index contributed by atoms with van der Waals surface area (Å²) in [6, 6.07) is 20.9. The molecule has 3 aromatic carbocycles. The van der Waals surface area contributed by atoms with E-state index in [2.05, 4.69) is 12.2 Å². The van der Waals surface area contributed by atoms with Gasteiger partial charge in [0.25, 0.3) is 11.8 Å². The van der Waals surface area contributed by atoms with Crippen molar-refractivity contribution in [3.8, 4) is 5.75 Å². The topological polar surface area (TPSA) is 58.6 Å². The summed E-state index contributed by atoms with van der Waals surface area (Å²) in [6.45, 7) is 5.93. The maximum absolute atomic E-state index is 13.7. The molecule has 0 aliphatic carbocycles. The summed E-state index contributed by atoms with van der Waals surface area (Å²) < 4.78 is 5.51. The lowest BCUT2D eigenvalue weighted by Crippen LogP contribution is -2.33.